The lowest BCUT2D eigenvalue weighted by molar-refractivity contribution is 0.0949. The Bertz CT molecular complexity index is 335. The van der Waals surface area contributed by atoms with Crippen molar-refractivity contribution in [1.29, 1.82) is 0 Å². The summed E-state index contributed by atoms with van der Waals surface area (Å²) >= 11 is 0. The van der Waals surface area contributed by atoms with Crippen LogP contribution in [0.5, 0.6) is 0 Å². The first-order valence-corrected chi connectivity index (χ1v) is 5.35. The Morgan fingerprint density at radius 1 is 1.20 bits per heavy atom. The van der Waals surface area contributed by atoms with Gasteiger partial charge >= 0.3 is 0 Å². The molecule has 1 rings (SSSR count). The lowest BCUT2D eigenvalue weighted by Gasteiger charge is -2.08. The maximum Gasteiger partial charge on any atom is 0.251 e. The lowest BCUT2D eigenvalue weighted by Crippen LogP contribution is -2.27. The summed E-state index contributed by atoms with van der Waals surface area (Å²) in [7, 11) is 0. The molecule has 0 aliphatic rings. The smallest absolute Gasteiger partial charge is 0.251 e. The van der Waals surface area contributed by atoms with Gasteiger partial charge in [0.15, 0.2) is 0 Å². The fourth-order valence-corrected chi connectivity index (χ4v) is 1.50. The summed E-state index contributed by atoms with van der Waals surface area (Å²) in [5, 5.41) is 2.91. The third kappa shape index (κ3) is 3.74. The summed E-state index contributed by atoms with van der Waals surface area (Å²) in [6.07, 6.45) is 0. The number of aryl methyl sites for hydroxylation is 2. The van der Waals surface area contributed by atoms with Crippen molar-refractivity contribution in [2.45, 2.75) is 27.7 Å². The lowest BCUT2D eigenvalue weighted by atomic mass is 10.1. The maximum absolute atomic E-state index is 11.7. The summed E-state index contributed by atoms with van der Waals surface area (Å²) in [5.41, 5.74) is 3.02. The van der Waals surface area contributed by atoms with Crippen molar-refractivity contribution in [2.24, 2.45) is 5.92 Å². The zero-order valence-corrected chi connectivity index (χ0v) is 9.92. The molecule has 0 aromatic heterocycles. The molecule has 0 radical (unpaired) electrons. The number of benzene rings is 1. The van der Waals surface area contributed by atoms with E-state index < -0.39 is 0 Å². The number of carbonyl (C=O) groups excluding carboxylic acids is 1. The van der Waals surface area contributed by atoms with E-state index in [2.05, 4.69) is 25.2 Å². The van der Waals surface area contributed by atoms with E-state index in [1.807, 2.05) is 26.0 Å². The van der Waals surface area contributed by atoms with Crippen LogP contribution in [-0.4, -0.2) is 12.5 Å². The molecular weight excluding hydrogens is 186 g/mol. The molecule has 82 valence electrons. The van der Waals surface area contributed by atoms with Gasteiger partial charge in [-0.2, -0.15) is 0 Å². The van der Waals surface area contributed by atoms with Crippen LogP contribution in [0.2, 0.25) is 0 Å². The van der Waals surface area contributed by atoms with Crippen LogP contribution in [0.4, 0.5) is 0 Å². The summed E-state index contributed by atoms with van der Waals surface area (Å²) in [5.74, 6) is 0.510. The molecule has 1 N–H and O–H groups in total. The predicted molar refractivity (Wildman–Crippen MR) is 63.1 cm³/mol. The monoisotopic (exact) mass is 205 g/mol. The fraction of sp³-hybridized carbons (Fsp3) is 0.462. The molecule has 0 atom stereocenters. The van der Waals surface area contributed by atoms with Crippen molar-refractivity contribution in [3.8, 4) is 0 Å². The molecule has 1 amide bonds. The van der Waals surface area contributed by atoms with Crippen LogP contribution in [-0.2, 0) is 0 Å². The van der Waals surface area contributed by atoms with E-state index in [1.165, 1.54) is 0 Å². The molecule has 0 saturated heterocycles. The largest absolute Gasteiger partial charge is 0.352 e. The number of hydrogen-bond acceptors (Lipinski definition) is 1. The van der Waals surface area contributed by atoms with Crippen LogP contribution >= 0.6 is 0 Å². The molecular formula is C13H19NO. The van der Waals surface area contributed by atoms with Gasteiger partial charge in [-0.3, -0.25) is 4.79 Å². The van der Waals surface area contributed by atoms with Gasteiger partial charge in [-0.1, -0.05) is 31.0 Å². The number of rotatable bonds is 3. The van der Waals surface area contributed by atoms with Gasteiger partial charge in [0, 0.05) is 12.1 Å². The topological polar surface area (TPSA) is 29.1 Å². The molecule has 2 heteroatoms. The van der Waals surface area contributed by atoms with Gasteiger partial charge in [0.25, 0.3) is 5.91 Å². The van der Waals surface area contributed by atoms with Gasteiger partial charge in [-0.25, -0.2) is 0 Å². The summed E-state index contributed by atoms with van der Waals surface area (Å²) in [6, 6.07) is 5.91. The van der Waals surface area contributed by atoms with E-state index in [4.69, 9.17) is 0 Å². The summed E-state index contributed by atoms with van der Waals surface area (Å²) in [6.45, 7) is 8.91. The van der Waals surface area contributed by atoms with E-state index in [9.17, 15) is 4.79 Å². The SMILES string of the molecule is Cc1cc(C)cc(C(=O)NCC(C)C)c1. The van der Waals surface area contributed by atoms with E-state index in [-0.39, 0.29) is 5.91 Å². The Morgan fingerprint density at radius 2 is 1.73 bits per heavy atom. The van der Waals surface area contributed by atoms with Crippen LogP contribution < -0.4 is 5.32 Å². The van der Waals surface area contributed by atoms with Crippen LogP contribution in [0.1, 0.15) is 35.3 Å². The Kier molecular flexibility index (Phi) is 3.89. The van der Waals surface area contributed by atoms with Crippen molar-refractivity contribution in [1.82, 2.24) is 5.32 Å². The molecule has 0 saturated carbocycles. The summed E-state index contributed by atoms with van der Waals surface area (Å²) in [4.78, 5) is 11.7. The number of hydrogen-bond donors (Lipinski definition) is 1. The van der Waals surface area contributed by atoms with Crippen molar-refractivity contribution < 1.29 is 4.79 Å². The third-order valence-electron chi connectivity index (χ3n) is 2.15. The van der Waals surface area contributed by atoms with Crippen LogP contribution in [0.3, 0.4) is 0 Å². The van der Waals surface area contributed by atoms with E-state index in [0.717, 1.165) is 23.2 Å². The minimum atomic E-state index is 0.0236. The molecule has 0 fully saturated rings. The Labute approximate surface area is 91.7 Å². The molecule has 0 aliphatic heterocycles. The number of nitrogens with one attached hydrogen (secondary N) is 1. The molecule has 15 heavy (non-hydrogen) atoms. The van der Waals surface area contributed by atoms with Gasteiger partial charge < -0.3 is 5.32 Å². The zero-order valence-electron chi connectivity index (χ0n) is 9.92. The standard InChI is InChI=1S/C13H19NO/c1-9(2)8-14-13(15)12-6-10(3)5-11(4)7-12/h5-7,9H,8H2,1-4H3,(H,14,15). The normalized spacial score (nSPS) is 10.5. The molecule has 0 spiro atoms. The first kappa shape index (κ1) is 11.8. The van der Waals surface area contributed by atoms with Gasteiger partial charge in [-0.15, -0.1) is 0 Å². The highest BCUT2D eigenvalue weighted by Crippen LogP contribution is 2.08. The average molecular weight is 205 g/mol. The van der Waals surface area contributed by atoms with Crippen molar-refractivity contribution in [3.63, 3.8) is 0 Å². The van der Waals surface area contributed by atoms with Crippen LogP contribution in [0.15, 0.2) is 18.2 Å². The van der Waals surface area contributed by atoms with E-state index in [0.29, 0.717) is 5.92 Å². The number of carbonyl (C=O) groups is 1. The molecule has 2 nitrogen and oxygen atoms in total. The highest BCUT2D eigenvalue weighted by atomic mass is 16.1. The molecule has 0 aliphatic carbocycles. The Balaban J connectivity index is 2.73. The summed E-state index contributed by atoms with van der Waals surface area (Å²) < 4.78 is 0. The number of amides is 1. The first-order chi connectivity index (χ1) is 6.99. The first-order valence-electron chi connectivity index (χ1n) is 5.35. The van der Waals surface area contributed by atoms with Crippen LogP contribution in [0, 0.1) is 19.8 Å². The molecule has 0 heterocycles. The Morgan fingerprint density at radius 3 is 2.20 bits per heavy atom. The van der Waals surface area contributed by atoms with Crippen LogP contribution in [0.25, 0.3) is 0 Å². The molecule has 1 aromatic carbocycles. The van der Waals surface area contributed by atoms with E-state index >= 15 is 0 Å². The third-order valence-corrected chi connectivity index (χ3v) is 2.15. The van der Waals surface area contributed by atoms with Crippen molar-refractivity contribution >= 4 is 5.91 Å². The maximum atomic E-state index is 11.7. The minimum absolute atomic E-state index is 0.0236. The minimum Gasteiger partial charge on any atom is -0.352 e. The van der Waals surface area contributed by atoms with E-state index in [1.54, 1.807) is 0 Å². The highest BCUT2D eigenvalue weighted by molar-refractivity contribution is 5.94. The predicted octanol–water partition coefficient (Wildman–Crippen LogP) is 2.69. The second-order valence-electron chi connectivity index (χ2n) is 4.48. The molecule has 0 bridgehead atoms. The average Bonchev–Trinajstić information content (AvgIpc) is 2.12. The molecule has 0 unspecified atom stereocenters. The van der Waals surface area contributed by atoms with Crippen molar-refractivity contribution in [2.75, 3.05) is 6.54 Å². The van der Waals surface area contributed by atoms with Gasteiger partial charge in [0.1, 0.15) is 0 Å². The van der Waals surface area contributed by atoms with Gasteiger partial charge in [-0.05, 0) is 31.9 Å². The second kappa shape index (κ2) is 4.96. The fourth-order valence-electron chi connectivity index (χ4n) is 1.50. The van der Waals surface area contributed by atoms with Gasteiger partial charge in [0.2, 0.25) is 0 Å². The highest BCUT2D eigenvalue weighted by Gasteiger charge is 2.06. The second-order valence-corrected chi connectivity index (χ2v) is 4.48. The zero-order chi connectivity index (χ0) is 11.4. The van der Waals surface area contributed by atoms with Gasteiger partial charge in [0.05, 0.1) is 0 Å². The van der Waals surface area contributed by atoms with Crippen molar-refractivity contribution in [3.05, 3.63) is 34.9 Å². The molecule has 1 aromatic rings. The Hall–Kier alpha value is -1.31. The quantitative estimate of drug-likeness (QED) is 0.807.